The topological polar surface area (TPSA) is 84.9 Å². The Kier molecular flexibility index (Phi) is 11.1. The number of amides is 1. The second kappa shape index (κ2) is 13.3. The molecule has 1 amide bonds. The van der Waals surface area contributed by atoms with Crippen LogP contribution in [0.25, 0.3) is 0 Å². The lowest BCUT2D eigenvalue weighted by molar-refractivity contribution is -0.145. The van der Waals surface area contributed by atoms with Gasteiger partial charge in [0.2, 0.25) is 5.91 Å². The zero-order valence-electron chi connectivity index (χ0n) is 17.6. The van der Waals surface area contributed by atoms with Crippen molar-refractivity contribution in [1.29, 1.82) is 0 Å². The molecule has 158 valence electrons. The Morgan fingerprint density at radius 3 is 2.41 bits per heavy atom. The number of carbonyl (C=O) groups is 2. The summed E-state index contributed by atoms with van der Waals surface area (Å²) < 4.78 is 10.7. The summed E-state index contributed by atoms with van der Waals surface area (Å²) in [7, 11) is 1.00. The number of aliphatic hydroxyl groups is 1. The molecule has 2 aromatic rings. The second-order valence-electron chi connectivity index (χ2n) is 6.45. The highest BCUT2D eigenvalue weighted by Gasteiger charge is 2.23. The molecule has 0 saturated carbocycles. The summed E-state index contributed by atoms with van der Waals surface area (Å²) in [6, 6.07) is 15.8. The van der Waals surface area contributed by atoms with Gasteiger partial charge in [0.15, 0.2) is 0 Å². The molecule has 1 heterocycles. The van der Waals surface area contributed by atoms with Gasteiger partial charge in [0.1, 0.15) is 11.9 Å². The first-order chi connectivity index (χ1) is 14.0. The summed E-state index contributed by atoms with van der Waals surface area (Å²) in [6.07, 6.45) is 1.75. The molecule has 0 bridgehead atoms. The van der Waals surface area contributed by atoms with Gasteiger partial charge in [-0.15, -0.1) is 0 Å². The third kappa shape index (κ3) is 9.25. The van der Waals surface area contributed by atoms with E-state index >= 15 is 0 Å². The Balaban J connectivity index is 0.000000390. The summed E-state index contributed by atoms with van der Waals surface area (Å²) in [5.74, 6) is 0.456. The van der Waals surface area contributed by atoms with Crippen LogP contribution in [0.3, 0.4) is 0 Å². The van der Waals surface area contributed by atoms with Crippen LogP contribution in [0.15, 0.2) is 48.5 Å². The molecule has 0 aliphatic carbocycles. The molecular weight excluding hydrogens is 370 g/mol. The number of fused-ring (bicyclic) bond motifs is 1. The number of ether oxygens (including phenoxy) is 2. The summed E-state index contributed by atoms with van der Waals surface area (Å²) in [5, 5.41) is 9.75. The average Bonchev–Trinajstić information content (AvgIpc) is 2.70. The maximum absolute atomic E-state index is 11.4. The molecule has 0 aromatic heterocycles. The fraction of sp³-hybridized carbons (Fsp3) is 0.391. The molecule has 1 aliphatic heterocycles. The van der Waals surface area contributed by atoms with Crippen molar-refractivity contribution in [3.8, 4) is 5.75 Å². The second-order valence-corrected chi connectivity index (χ2v) is 6.45. The van der Waals surface area contributed by atoms with E-state index in [0.29, 0.717) is 6.61 Å². The standard InChI is InChI=1S/C15H19NO4.C7H8.CH4O/c1-3-19-15(18)9-13-6-4-11-8-12(16-10(2)17)5-7-14(11)20-13;1-7-5-3-2-4-6-7;1-2/h5,7-8,13H,3-4,6,9H2,1-2H3,(H,16,17);2-6H,1H3;2H,1H3. The molecule has 2 aromatic carbocycles. The minimum Gasteiger partial charge on any atom is -0.490 e. The number of benzene rings is 2. The zero-order valence-corrected chi connectivity index (χ0v) is 17.6. The number of carbonyl (C=O) groups excluding carboxylic acids is 2. The summed E-state index contributed by atoms with van der Waals surface area (Å²) in [5.41, 5.74) is 3.14. The summed E-state index contributed by atoms with van der Waals surface area (Å²) >= 11 is 0. The first-order valence-electron chi connectivity index (χ1n) is 9.67. The first-order valence-corrected chi connectivity index (χ1v) is 9.67. The van der Waals surface area contributed by atoms with Crippen molar-refractivity contribution in [3.63, 3.8) is 0 Å². The number of esters is 1. The predicted octanol–water partition coefficient (Wildman–Crippen LogP) is 3.90. The van der Waals surface area contributed by atoms with Crippen LogP contribution in [-0.4, -0.2) is 36.8 Å². The van der Waals surface area contributed by atoms with Gasteiger partial charge in [-0.2, -0.15) is 0 Å². The van der Waals surface area contributed by atoms with Crippen molar-refractivity contribution in [2.75, 3.05) is 19.0 Å². The fourth-order valence-electron chi connectivity index (χ4n) is 2.81. The van der Waals surface area contributed by atoms with E-state index < -0.39 is 0 Å². The van der Waals surface area contributed by atoms with Gasteiger partial charge in [0, 0.05) is 19.7 Å². The Hall–Kier alpha value is -2.86. The van der Waals surface area contributed by atoms with Gasteiger partial charge in [-0.25, -0.2) is 0 Å². The lowest BCUT2D eigenvalue weighted by atomic mass is 10.00. The van der Waals surface area contributed by atoms with E-state index in [2.05, 4.69) is 24.4 Å². The van der Waals surface area contributed by atoms with Crippen LogP contribution in [0.5, 0.6) is 5.75 Å². The van der Waals surface area contributed by atoms with Crippen LogP contribution >= 0.6 is 0 Å². The average molecular weight is 402 g/mol. The molecule has 1 unspecified atom stereocenters. The van der Waals surface area contributed by atoms with Gasteiger partial charge in [-0.05, 0) is 50.5 Å². The van der Waals surface area contributed by atoms with Crippen molar-refractivity contribution < 1.29 is 24.2 Å². The normalized spacial score (nSPS) is 13.9. The van der Waals surface area contributed by atoms with Crippen molar-refractivity contribution in [3.05, 3.63) is 59.7 Å². The minimum absolute atomic E-state index is 0.0955. The van der Waals surface area contributed by atoms with E-state index in [4.69, 9.17) is 14.6 Å². The molecule has 1 aliphatic rings. The molecular formula is C23H31NO5. The number of aliphatic hydroxyl groups excluding tert-OH is 1. The Bertz CT molecular complexity index is 761. The molecule has 0 radical (unpaired) electrons. The maximum atomic E-state index is 11.4. The van der Waals surface area contributed by atoms with E-state index in [1.54, 1.807) is 13.0 Å². The molecule has 6 heteroatoms. The van der Waals surface area contributed by atoms with Gasteiger partial charge >= 0.3 is 5.97 Å². The number of anilines is 1. The SMILES string of the molecule is CCOC(=O)CC1CCc2cc(NC(C)=O)ccc2O1.CO.Cc1ccccc1. The van der Waals surface area contributed by atoms with Gasteiger partial charge < -0.3 is 19.9 Å². The number of nitrogens with one attached hydrogen (secondary N) is 1. The minimum atomic E-state index is -0.226. The third-order valence-electron chi connectivity index (χ3n) is 4.05. The van der Waals surface area contributed by atoms with Crippen molar-refractivity contribution in [2.45, 2.75) is 46.1 Å². The van der Waals surface area contributed by atoms with Gasteiger partial charge in [0.25, 0.3) is 0 Å². The van der Waals surface area contributed by atoms with Crippen LogP contribution in [0.1, 0.15) is 37.8 Å². The highest BCUT2D eigenvalue weighted by Crippen LogP contribution is 2.31. The molecule has 1 atom stereocenters. The van der Waals surface area contributed by atoms with Gasteiger partial charge in [-0.1, -0.05) is 35.9 Å². The Labute approximate surface area is 172 Å². The smallest absolute Gasteiger partial charge is 0.309 e. The van der Waals surface area contributed by atoms with E-state index in [0.717, 1.165) is 37.0 Å². The predicted molar refractivity (Wildman–Crippen MR) is 114 cm³/mol. The monoisotopic (exact) mass is 401 g/mol. The van der Waals surface area contributed by atoms with E-state index in [1.807, 2.05) is 30.3 Å². The Morgan fingerprint density at radius 2 is 1.86 bits per heavy atom. The number of aryl methyl sites for hydroxylation is 2. The lowest BCUT2D eigenvalue weighted by Crippen LogP contribution is -2.26. The van der Waals surface area contributed by atoms with Crippen LogP contribution < -0.4 is 10.1 Å². The third-order valence-corrected chi connectivity index (χ3v) is 4.05. The van der Waals surface area contributed by atoms with E-state index in [9.17, 15) is 9.59 Å². The molecule has 2 N–H and O–H groups in total. The molecule has 0 spiro atoms. The van der Waals surface area contributed by atoms with Gasteiger partial charge in [0.05, 0.1) is 13.0 Å². The first kappa shape index (κ1) is 24.2. The maximum Gasteiger partial charge on any atom is 0.309 e. The number of hydrogen-bond acceptors (Lipinski definition) is 5. The van der Waals surface area contributed by atoms with E-state index in [1.165, 1.54) is 12.5 Å². The quantitative estimate of drug-likeness (QED) is 0.759. The molecule has 6 nitrogen and oxygen atoms in total. The molecule has 3 rings (SSSR count). The van der Waals surface area contributed by atoms with Gasteiger partial charge in [-0.3, -0.25) is 9.59 Å². The zero-order chi connectivity index (χ0) is 21.6. The van der Waals surface area contributed by atoms with E-state index in [-0.39, 0.29) is 24.4 Å². The molecule has 29 heavy (non-hydrogen) atoms. The fourth-order valence-corrected chi connectivity index (χ4v) is 2.81. The van der Waals surface area contributed by atoms with Crippen LogP contribution in [0.4, 0.5) is 5.69 Å². The van der Waals surface area contributed by atoms with Crippen molar-refractivity contribution in [1.82, 2.24) is 0 Å². The van der Waals surface area contributed by atoms with Crippen LogP contribution in [0, 0.1) is 6.92 Å². The van der Waals surface area contributed by atoms with Crippen LogP contribution in [-0.2, 0) is 20.7 Å². The summed E-state index contributed by atoms with van der Waals surface area (Å²) in [4.78, 5) is 22.5. The highest BCUT2D eigenvalue weighted by molar-refractivity contribution is 5.88. The van der Waals surface area contributed by atoms with Crippen molar-refractivity contribution in [2.24, 2.45) is 0 Å². The number of hydrogen-bond donors (Lipinski definition) is 2. The largest absolute Gasteiger partial charge is 0.490 e. The van der Waals surface area contributed by atoms with Crippen molar-refractivity contribution >= 4 is 17.6 Å². The lowest BCUT2D eigenvalue weighted by Gasteiger charge is -2.26. The molecule has 0 saturated heterocycles. The number of rotatable bonds is 4. The summed E-state index contributed by atoms with van der Waals surface area (Å²) in [6.45, 7) is 5.74. The Morgan fingerprint density at radius 1 is 1.17 bits per heavy atom. The highest BCUT2D eigenvalue weighted by atomic mass is 16.5. The molecule has 0 fully saturated rings. The van der Waals surface area contributed by atoms with Crippen LogP contribution in [0.2, 0.25) is 0 Å².